The zero-order valence-corrected chi connectivity index (χ0v) is 11.2. The first-order valence-corrected chi connectivity index (χ1v) is 6.65. The summed E-state index contributed by atoms with van der Waals surface area (Å²) in [6, 6.07) is 2.10. The second-order valence-electron chi connectivity index (χ2n) is 4.36. The summed E-state index contributed by atoms with van der Waals surface area (Å²) >= 11 is 0. The second-order valence-corrected chi connectivity index (χ2v) is 4.36. The van der Waals surface area contributed by atoms with Gasteiger partial charge < -0.3 is 10.4 Å². The predicted octanol–water partition coefficient (Wildman–Crippen LogP) is 1.37. The third kappa shape index (κ3) is 4.48. The Morgan fingerprint density at radius 2 is 2.18 bits per heavy atom. The number of nitrogens with zero attached hydrogens (tertiary/aromatic N) is 2. The largest absolute Gasteiger partial charge is 0.391 e. The fraction of sp³-hybridized carbons (Fsp3) is 0.769. The van der Waals surface area contributed by atoms with Gasteiger partial charge in [0.2, 0.25) is 0 Å². The number of nitrogens with one attached hydrogen (secondary N) is 1. The van der Waals surface area contributed by atoms with Gasteiger partial charge in [-0.2, -0.15) is 5.10 Å². The number of aromatic nitrogens is 2. The molecule has 1 atom stereocenters. The van der Waals surface area contributed by atoms with Crippen LogP contribution in [0.5, 0.6) is 0 Å². The van der Waals surface area contributed by atoms with Crippen molar-refractivity contribution < 1.29 is 5.11 Å². The Labute approximate surface area is 104 Å². The number of hydrogen-bond acceptors (Lipinski definition) is 3. The van der Waals surface area contributed by atoms with Crippen molar-refractivity contribution in [3.05, 3.63) is 17.5 Å². The Morgan fingerprint density at radius 3 is 2.76 bits per heavy atom. The smallest absolute Gasteiger partial charge is 0.0719 e. The maximum atomic E-state index is 9.93. The molecule has 4 heteroatoms. The summed E-state index contributed by atoms with van der Waals surface area (Å²) in [5.74, 6) is 0. The molecular formula is C13H25N3O. The summed E-state index contributed by atoms with van der Waals surface area (Å²) in [6.45, 7) is 8.79. The maximum Gasteiger partial charge on any atom is 0.0719 e. The molecule has 98 valence electrons. The molecule has 0 aliphatic rings. The monoisotopic (exact) mass is 239 g/mol. The van der Waals surface area contributed by atoms with E-state index in [1.54, 1.807) is 0 Å². The number of hydrogen-bond donors (Lipinski definition) is 2. The zero-order valence-electron chi connectivity index (χ0n) is 11.2. The fourth-order valence-corrected chi connectivity index (χ4v) is 1.88. The molecule has 17 heavy (non-hydrogen) atoms. The normalized spacial score (nSPS) is 12.9. The van der Waals surface area contributed by atoms with Crippen molar-refractivity contribution in [1.29, 1.82) is 0 Å². The summed E-state index contributed by atoms with van der Waals surface area (Å²) in [5, 5.41) is 17.6. The van der Waals surface area contributed by atoms with E-state index < -0.39 is 0 Å². The van der Waals surface area contributed by atoms with Crippen LogP contribution in [0.2, 0.25) is 0 Å². The van der Waals surface area contributed by atoms with E-state index in [1.807, 2.05) is 4.68 Å². The minimum absolute atomic E-state index is 0.326. The van der Waals surface area contributed by atoms with Crippen LogP contribution < -0.4 is 5.32 Å². The van der Waals surface area contributed by atoms with Crippen LogP contribution in [0.15, 0.2) is 6.07 Å². The van der Waals surface area contributed by atoms with Crippen molar-refractivity contribution in [2.24, 2.45) is 0 Å². The van der Waals surface area contributed by atoms with Crippen LogP contribution in [0.25, 0.3) is 0 Å². The van der Waals surface area contributed by atoms with E-state index in [1.165, 1.54) is 0 Å². The van der Waals surface area contributed by atoms with Crippen molar-refractivity contribution >= 4 is 0 Å². The summed E-state index contributed by atoms with van der Waals surface area (Å²) in [4.78, 5) is 0. The molecule has 0 spiro atoms. The molecule has 0 saturated carbocycles. The highest BCUT2D eigenvalue weighted by Crippen LogP contribution is 2.08. The molecule has 0 fully saturated rings. The van der Waals surface area contributed by atoms with Crippen LogP contribution in [0.4, 0.5) is 0 Å². The van der Waals surface area contributed by atoms with Crippen molar-refractivity contribution in [3.8, 4) is 0 Å². The van der Waals surface area contributed by atoms with Crippen molar-refractivity contribution in [1.82, 2.24) is 15.1 Å². The minimum Gasteiger partial charge on any atom is -0.391 e. The highest BCUT2D eigenvalue weighted by molar-refractivity contribution is 5.11. The second kappa shape index (κ2) is 7.45. The van der Waals surface area contributed by atoms with Gasteiger partial charge in [-0.3, -0.25) is 4.68 Å². The van der Waals surface area contributed by atoms with Crippen LogP contribution in [-0.4, -0.2) is 34.1 Å². The van der Waals surface area contributed by atoms with Crippen LogP contribution in [0, 0.1) is 0 Å². The molecule has 4 nitrogen and oxygen atoms in total. The van der Waals surface area contributed by atoms with Gasteiger partial charge >= 0.3 is 0 Å². The van der Waals surface area contributed by atoms with E-state index in [0.29, 0.717) is 13.0 Å². The molecule has 1 heterocycles. The Balaban J connectivity index is 2.51. The lowest BCUT2D eigenvalue weighted by molar-refractivity contribution is 0.169. The van der Waals surface area contributed by atoms with E-state index in [0.717, 1.165) is 37.3 Å². The molecule has 0 bridgehead atoms. The summed E-state index contributed by atoms with van der Waals surface area (Å²) in [7, 11) is 0. The van der Waals surface area contributed by atoms with E-state index in [2.05, 4.69) is 37.3 Å². The van der Waals surface area contributed by atoms with Crippen molar-refractivity contribution in [2.75, 3.05) is 13.1 Å². The quantitative estimate of drug-likeness (QED) is 0.674. The first-order chi connectivity index (χ1) is 8.21. The maximum absolute atomic E-state index is 9.93. The Kier molecular flexibility index (Phi) is 6.22. The molecule has 0 aliphatic heterocycles. The molecule has 0 saturated heterocycles. The Hall–Kier alpha value is -0.870. The van der Waals surface area contributed by atoms with Gasteiger partial charge in [-0.1, -0.05) is 13.8 Å². The Bertz CT molecular complexity index is 322. The van der Waals surface area contributed by atoms with Gasteiger partial charge in [-0.15, -0.1) is 0 Å². The van der Waals surface area contributed by atoms with Gasteiger partial charge in [0.05, 0.1) is 11.8 Å². The van der Waals surface area contributed by atoms with E-state index in [-0.39, 0.29) is 6.10 Å². The van der Waals surface area contributed by atoms with Crippen LogP contribution in [0.3, 0.4) is 0 Å². The molecule has 0 radical (unpaired) electrons. The highest BCUT2D eigenvalue weighted by Gasteiger charge is 2.10. The van der Waals surface area contributed by atoms with E-state index in [4.69, 9.17) is 0 Å². The molecule has 1 unspecified atom stereocenters. The Morgan fingerprint density at radius 1 is 1.41 bits per heavy atom. The number of aliphatic hydroxyl groups excluding tert-OH is 1. The van der Waals surface area contributed by atoms with Gasteiger partial charge in [-0.25, -0.2) is 0 Å². The summed E-state index contributed by atoms with van der Waals surface area (Å²) in [6.07, 6.45) is 2.40. The SMILES string of the molecule is CCCNCC(O)Cc1cc(CC)nn1CC. The average molecular weight is 239 g/mol. The first-order valence-electron chi connectivity index (χ1n) is 6.65. The van der Waals surface area contributed by atoms with Gasteiger partial charge in [0.15, 0.2) is 0 Å². The lowest BCUT2D eigenvalue weighted by atomic mass is 10.1. The molecule has 1 rings (SSSR count). The summed E-state index contributed by atoms with van der Waals surface area (Å²) in [5.41, 5.74) is 2.24. The fourth-order valence-electron chi connectivity index (χ4n) is 1.88. The number of aliphatic hydroxyl groups is 1. The lowest BCUT2D eigenvalue weighted by Crippen LogP contribution is -2.29. The molecule has 1 aromatic rings. The third-order valence-corrected chi connectivity index (χ3v) is 2.83. The molecule has 1 aromatic heterocycles. The standard InChI is InChI=1S/C13H25N3O/c1-4-7-14-10-13(17)9-12-8-11(5-2)15-16(12)6-3/h8,13-14,17H,4-7,9-10H2,1-3H3. The molecule has 0 aliphatic carbocycles. The minimum atomic E-state index is -0.326. The lowest BCUT2D eigenvalue weighted by Gasteiger charge is -2.12. The van der Waals surface area contributed by atoms with Gasteiger partial charge in [0.1, 0.15) is 0 Å². The number of rotatable bonds is 8. The van der Waals surface area contributed by atoms with Crippen LogP contribution >= 0.6 is 0 Å². The first kappa shape index (κ1) is 14.2. The van der Waals surface area contributed by atoms with Gasteiger partial charge in [0.25, 0.3) is 0 Å². The van der Waals surface area contributed by atoms with Crippen LogP contribution in [-0.2, 0) is 19.4 Å². The molecular weight excluding hydrogens is 214 g/mol. The van der Waals surface area contributed by atoms with Crippen LogP contribution in [0.1, 0.15) is 38.6 Å². The highest BCUT2D eigenvalue weighted by atomic mass is 16.3. The predicted molar refractivity (Wildman–Crippen MR) is 70.2 cm³/mol. The van der Waals surface area contributed by atoms with Gasteiger partial charge in [-0.05, 0) is 32.4 Å². The molecule has 0 amide bonds. The average Bonchev–Trinajstić information content (AvgIpc) is 2.71. The summed E-state index contributed by atoms with van der Waals surface area (Å²) < 4.78 is 1.99. The van der Waals surface area contributed by atoms with Crippen molar-refractivity contribution in [2.45, 2.75) is 52.7 Å². The number of aryl methyl sites for hydroxylation is 2. The topological polar surface area (TPSA) is 50.1 Å². The molecule has 2 N–H and O–H groups in total. The zero-order chi connectivity index (χ0) is 12.7. The van der Waals surface area contributed by atoms with E-state index >= 15 is 0 Å². The molecule has 0 aromatic carbocycles. The van der Waals surface area contributed by atoms with Crippen molar-refractivity contribution in [3.63, 3.8) is 0 Å². The van der Waals surface area contributed by atoms with E-state index in [9.17, 15) is 5.11 Å². The van der Waals surface area contributed by atoms with Gasteiger partial charge in [0, 0.05) is 25.2 Å². The third-order valence-electron chi connectivity index (χ3n) is 2.83.